The Morgan fingerprint density at radius 3 is 2.51 bits per heavy atom. The molecule has 4 aromatic rings. The summed E-state index contributed by atoms with van der Waals surface area (Å²) in [5.41, 5.74) is 1.65. The number of carboxylic acid groups (broad SMARTS) is 1. The Balaban J connectivity index is 1.31. The molecule has 0 saturated heterocycles. The predicted octanol–water partition coefficient (Wildman–Crippen LogP) is 3.21. The fourth-order valence-electron chi connectivity index (χ4n) is 4.70. The summed E-state index contributed by atoms with van der Waals surface area (Å²) in [5.74, 6) is -2.58. The summed E-state index contributed by atoms with van der Waals surface area (Å²) in [6.45, 7) is 0.000470. The molecule has 1 fully saturated rings. The number of tetrazole rings is 1. The van der Waals surface area contributed by atoms with Crippen molar-refractivity contribution in [2.75, 3.05) is 11.9 Å². The van der Waals surface area contributed by atoms with E-state index in [0.717, 1.165) is 5.56 Å². The van der Waals surface area contributed by atoms with Crippen molar-refractivity contribution in [2.45, 2.75) is 24.3 Å². The highest BCUT2D eigenvalue weighted by molar-refractivity contribution is 6.30. The number of hydrogen-bond acceptors (Lipinski definition) is 7. The SMILES string of the molecule is O=C(O)CCNC(=O)c1ccc(NC(=O)C2(NC(=O)/C=C/c3cc(Cl)ccc3-n3cnnn3)CC2c2ccccc2)cc1. The first kappa shape index (κ1) is 29.1. The Hall–Kier alpha value is -5.36. The summed E-state index contributed by atoms with van der Waals surface area (Å²) >= 11 is 6.18. The number of aliphatic carboxylic acids is 1. The minimum Gasteiger partial charge on any atom is -0.481 e. The van der Waals surface area contributed by atoms with Crippen LogP contribution in [0.2, 0.25) is 5.02 Å². The number of carboxylic acids is 1. The van der Waals surface area contributed by atoms with E-state index in [2.05, 4.69) is 31.5 Å². The highest BCUT2D eigenvalue weighted by Gasteiger charge is 2.61. The van der Waals surface area contributed by atoms with Gasteiger partial charge in [0.25, 0.3) is 11.8 Å². The van der Waals surface area contributed by atoms with E-state index in [9.17, 15) is 19.2 Å². The summed E-state index contributed by atoms with van der Waals surface area (Å²) in [6.07, 6.45) is 4.52. The molecular weight excluding hydrogens is 574 g/mol. The fourth-order valence-corrected chi connectivity index (χ4v) is 4.88. The third-order valence-corrected chi connectivity index (χ3v) is 7.18. The number of amides is 3. The van der Waals surface area contributed by atoms with Crippen molar-refractivity contribution in [1.29, 1.82) is 0 Å². The van der Waals surface area contributed by atoms with Crippen molar-refractivity contribution in [3.63, 3.8) is 0 Å². The number of hydrogen-bond donors (Lipinski definition) is 4. The van der Waals surface area contributed by atoms with Crippen molar-refractivity contribution in [3.8, 4) is 5.69 Å². The van der Waals surface area contributed by atoms with Crippen LogP contribution < -0.4 is 16.0 Å². The Kier molecular flexibility index (Phi) is 8.58. The third kappa shape index (κ3) is 6.93. The van der Waals surface area contributed by atoms with Gasteiger partial charge in [0.1, 0.15) is 11.9 Å². The summed E-state index contributed by atoms with van der Waals surface area (Å²) in [5, 5.41) is 28.7. The minimum absolute atomic E-state index is 0.000470. The van der Waals surface area contributed by atoms with E-state index >= 15 is 0 Å². The monoisotopic (exact) mass is 599 g/mol. The molecule has 1 saturated carbocycles. The molecule has 3 aromatic carbocycles. The fraction of sp³-hybridized carbons (Fsp3) is 0.167. The number of halogens is 1. The molecule has 2 unspecified atom stereocenters. The number of benzene rings is 3. The molecule has 218 valence electrons. The largest absolute Gasteiger partial charge is 0.481 e. The van der Waals surface area contributed by atoms with Gasteiger partial charge in [-0.1, -0.05) is 41.9 Å². The summed E-state index contributed by atoms with van der Waals surface area (Å²) in [7, 11) is 0. The molecule has 0 aliphatic heterocycles. The Morgan fingerprint density at radius 2 is 1.81 bits per heavy atom. The zero-order valence-corrected chi connectivity index (χ0v) is 23.4. The number of carbonyl (C=O) groups excluding carboxylic acids is 3. The van der Waals surface area contributed by atoms with Gasteiger partial charge in [-0.2, -0.15) is 4.68 Å². The van der Waals surface area contributed by atoms with Crippen LogP contribution in [0.3, 0.4) is 0 Å². The molecule has 5 rings (SSSR count). The molecule has 43 heavy (non-hydrogen) atoms. The van der Waals surface area contributed by atoms with E-state index in [1.54, 1.807) is 36.4 Å². The van der Waals surface area contributed by atoms with Gasteiger partial charge in [0, 0.05) is 40.4 Å². The van der Waals surface area contributed by atoms with Crippen LogP contribution in [0, 0.1) is 0 Å². The Labute approximate surface area is 250 Å². The zero-order valence-electron chi connectivity index (χ0n) is 22.6. The molecule has 12 nitrogen and oxygen atoms in total. The van der Waals surface area contributed by atoms with Gasteiger partial charge in [-0.3, -0.25) is 19.2 Å². The highest BCUT2D eigenvalue weighted by Crippen LogP contribution is 2.52. The maximum atomic E-state index is 13.6. The van der Waals surface area contributed by atoms with Crippen LogP contribution in [-0.2, 0) is 14.4 Å². The van der Waals surface area contributed by atoms with Crippen LogP contribution in [0.5, 0.6) is 0 Å². The van der Waals surface area contributed by atoms with Crippen molar-refractivity contribution < 1.29 is 24.3 Å². The number of nitrogens with zero attached hydrogens (tertiary/aromatic N) is 4. The maximum Gasteiger partial charge on any atom is 0.305 e. The first-order valence-electron chi connectivity index (χ1n) is 13.2. The van der Waals surface area contributed by atoms with Crippen LogP contribution in [0.4, 0.5) is 5.69 Å². The van der Waals surface area contributed by atoms with Crippen LogP contribution in [0.25, 0.3) is 11.8 Å². The van der Waals surface area contributed by atoms with E-state index in [1.807, 2.05) is 30.3 Å². The van der Waals surface area contributed by atoms with Gasteiger partial charge >= 0.3 is 5.97 Å². The minimum atomic E-state index is -1.21. The number of carbonyl (C=O) groups is 4. The van der Waals surface area contributed by atoms with E-state index in [1.165, 1.54) is 29.2 Å². The van der Waals surface area contributed by atoms with E-state index in [-0.39, 0.29) is 18.9 Å². The van der Waals surface area contributed by atoms with E-state index in [4.69, 9.17) is 16.7 Å². The number of nitrogens with one attached hydrogen (secondary N) is 3. The van der Waals surface area contributed by atoms with Crippen molar-refractivity contribution in [1.82, 2.24) is 30.8 Å². The molecule has 1 aliphatic carbocycles. The molecule has 13 heteroatoms. The lowest BCUT2D eigenvalue weighted by molar-refractivity contribution is -0.136. The lowest BCUT2D eigenvalue weighted by Crippen LogP contribution is -2.47. The second kappa shape index (κ2) is 12.7. The standard InChI is InChI=1S/C30H26ClN7O5/c31-22-9-12-25(38-18-33-36-37-38)21(16-22)8-13-26(39)35-30(17-24(30)19-4-2-1-3-5-19)29(43)34-23-10-6-20(7-11-23)28(42)32-15-14-27(40)41/h1-13,16,18,24H,14-15,17H2,(H,32,42)(H,34,43)(H,35,39)(H,40,41)/b13-8+. The van der Waals surface area contributed by atoms with E-state index in [0.29, 0.717) is 33.9 Å². The molecule has 0 radical (unpaired) electrons. The molecule has 1 heterocycles. The molecule has 0 bridgehead atoms. The van der Waals surface area contributed by atoms with Gasteiger partial charge in [0.2, 0.25) is 5.91 Å². The molecule has 4 N–H and O–H groups in total. The molecule has 0 spiro atoms. The molecular formula is C30H26ClN7O5. The number of rotatable bonds is 11. The Bertz CT molecular complexity index is 1680. The second-order valence-corrected chi connectivity index (χ2v) is 10.3. The highest BCUT2D eigenvalue weighted by atomic mass is 35.5. The van der Waals surface area contributed by atoms with Gasteiger partial charge in [0.05, 0.1) is 12.1 Å². The number of anilines is 1. The van der Waals surface area contributed by atoms with Gasteiger partial charge < -0.3 is 21.1 Å². The van der Waals surface area contributed by atoms with Crippen LogP contribution in [-0.4, -0.2) is 61.1 Å². The van der Waals surface area contributed by atoms with Gasteiger partial charge in [0.15, 0.2) is 0 Å². The second-order valence-electron chi connectivity index (χ2n) is 9.85. The molecule has 2 atom stereocenters. The maximum absolute atomic E-state index is 13.6. The molecule has 1 aromatic heterocycles. The summed E-state index contributed by atoms with van der Waals surface area (Å²) in [4.78, 5) is 49.8. The quantitative estimate of drug-likeness (QED) is 0.191. The van der Waals surface area contributed by atoms with Crippen molar-refractivity contribution in [2.24, 2.45) is 0 Å². The van der Waals surface area contributed by atoms with Crippen LogP contribution in [0.15, 0.2) is 85.2 Å². The first-order chi connectivity index (χ1) is 20.7. The Morgan fingerprint density at radius 1 is 1.05 bits per heavy atom. The summed E-state index contributed by atoms with van der Waals surface area (Å²) in [6, 6.07) is 20.7. The van der Waals surface area contributed by atoms with Crippen molar-refractivity contribution >= 4 is 47.1 Å². The van der Waals surface area contributed by atoms with Gasteiger partial charge in [-0.25, -0.2) is 0 Å². The zero-order chi connectivity index (χ0) is 30.4. The topological polar surface area (TPSA) is 168 Å². The van der Waals surface area contributed by atoms with Crippen LogP contribution in [0.1, 0.15) is 40.2 Å². The average molecular weight is 600 g/mol. The van der Waals surface area contributed by atoms with Crippen molar-refractivity contribution in [3.05, 3.63) is 107 Å². The van der Waals surface area contributed by atoms with Crippen LogP contribution >= 0.6 is 11.6 Å². The molecule has 1 aliphatic rings. The summed E-state index contributed by atoms with van der Waals surface area (Å²) < 4.78 is 1.44. The predicted molar refractivity (Wildman–Crippen MR) is 158 cm³/mol. The smallest absolute Gasteiger partial charge is 0.305 e. The van der Waals surface area contributed by atoms with Gasteiger partial charge in [-0.05, 0) is 71.0 Å². The molecule has 3 amide bonds. The van der Waals surface area contributed by atoms with E-state index < -0.39 is 29.2 Å². The lowest BCUT2D eigenvalue weighted by atomic mass is 10.0. The number of aromatic nitrogens is 4. The van der Waals surface area contributed by atoms with Gasteiger partial charge in [-0.15, -0.1) is 5.10 Å². The average Bonchev–Trinajstić information content (AvgIpc) is 3.46. The lowest BCUT2D eigenvalue weighted by Gasteiger charge is -2.19. The third-order valence-electron chi connectivity index (χ3n) is 6.94. The normalized spacial score (nSPS) is 17.3. The first-order valence-corrected chi connectivity index (χ1v) is 13.6.